The molecule has 1 heterocycles. The minimum Gasteiger partial charge on any atom is -0.480 e. The Morgan fingerprint density at radius 2 is 1.72 bits per heavy atom. The summed E-state index contributed by atoms with van der Waals surface area (Å²) in [7, 11) is 1.34. The molecule has 0 spiro atoms. The van der Waals surface area contributed by atoms with Crippen molar-refractivity contribution in [3.05, 3.63) is 98.7 Å². The second-order valence-electron chi connectivity index (χ2n) is 8.07. The third-order valence-electron chi connectivity index (χ3n) is 5.81. The highest BCUT2D eigenvalue weighted by molar-refractivity contribution is 6.33. The number of nitrogens with zero attached hydrogens (tertiary/aromatic N) is 2. The predicted molar refractivity (Wildman–Crippen MR) is 127 cm³/mol. The Balaban J connectivity index is 1.52. The molecule has 0 radical (unpaired) electrons. The van der Waals surface area contributed by atoms with Crippen molar-refractivity contribution in [2.75, 3.05) is 0 Å². The zero-order chi connectivity index (χ0) is 26.1. The first-order chi connectivity index (χ1) is 17.1. The predicted octanol–water partition coefficient (Wildman–Crippen LogP) is 4.22. The minimum atomic E-state index is -1.31. The van der Waals surface area contributed by atoms with Gasteiger partial charge in [0.15, 0.2) is 11.6 Å². The van der Waals surface area contributed by atoms with Crippen LogP contribution in [0.15, 0.2) is 59.4 Å². The number of hydrogen-bond donors (Lipinski definition) is 2. The number of aliphatic carboxylic acids is 1. The number of nitrogens with one attached hydrogen (secondary N) is 1. The van der Waals surface area contributed by atoms with Crippen molar-refractivity contribution in [3.8, 4) is 5.69 Å². The van der Waals surface area contributed by atoms with Gasteiger partial charge in [0, 0.05) is 7.05 Å². The molecule has 3 aromatic carbocycles. The van der Waals surface area contributed by atoms with Crippen LogP contribution in [0.25, 0.3) is 16.7 Å². The summed E-state index contributed by atoms with van der Waals surface area (Å²) in [4.78, 5) is 36.8. The maximum absolute atomic E-state index is 14.3. The molecule has 0 saturated carbocycles. The van der Waals surface area contributed by atoms with Gasteiger partial charge in [0.2, 0.25) is 0 Å². The molecule has 0 aliphatic heterocycles. The summed E-state index contributed by atoms with van der Waals surface area (Å²) in [5, 5.41) is 11.7. The molecule has 1 amide bonds. The number of aryl methyl sites for hydroxylation is 2. The first-order valence-electron chi connectivity index (χ1n) is 10.7. The van der Waals surface area contributed by atoms with Gasteiger partial charge < -0.3 is 10.4 Å². The van der Waals surface area contributed by atoms with E-state index in [0.29, 0.717) is 11.3 Å². The lowest BCUT2D eigenvalue weighted by Gasteiger charge is -2.15. The van der Waals surface area contributed by atoms with E-state index in [2.05, 4.69) is 5.32 Å². The zero-order valence-corrected chi connectivity index (χ0v) is 19.5. The Labute approximate surface area is 207 Å². The highest BCUT2D eigenvalue weighted by atomic mass is 35.5. The molecule has 7 nitrogen and oxygen atoms in total. The average molecular weight is 518 g/mol. The minimum absolute atomic E-state index is 0.00873. The van der Waals surface area contributed by atoms with Crippen molar-refractivity contribution < 1.29 is 27.9 Å². The molecular formula is C25H19ClF3N3O4. The van der Waals surface area contributed by atoms with E-state index in [4.69, 9.17) is 11.6 Å². The van der Waals surface area contributed by atoms with Gasteiger partial charge in [0.25, 0.3) is 5.91 Å². The molecule has 0 unspecified atom stereocenters. The Hall–Kier alpha value is -4.05. The molecule has 2 N–H and O–H groups in total. The second-order valence-corrected chi connectivity index (χ2v) is 8.48. The summed E-state index contributed by atoms with van der Waals surface area (Å²) in [5.74, 6) is -5.31. The SMILES string of the molecule is Cn1c(=O)n(-c2ccc(CC[C@H](NC(=O)c3c(F)cccc3Cl)C(=O)O)cc2)c2ccc(F)c(F)c21. The van der Waals surface area contributed by atoms with Gasteiger partial charge >= 0.3 is 11.7 Å². The normalized spacial score (nSPS) is 12.0. The number of carboxylic acids is 1. The quantitative estimate of drug-likeness (QED) is 0.384. The smallest absolute Gasteiger partial charge is 0.333 e. The number of rotatable bonds is 7. The molecule has 4 rings (SSSR count). The fourth-order valence-electron chi connectivity index (χ4n) is 3.95. The Kier molecular flexibility index (Phi) is 6.89. The van der Waals surface area contributed by atoms with Crippen LogP contribution in [0.5, 0.6) is 0 Å². The average Bonchev–Trinajstić information content (AvgIpc) is 3.09. The van der Waals surface area contributed by atoms with E-state index in [9.17, 15) is 32.7 Å². The van der Waals surface area contributed by atoms with Crippen LogP contribution < -0.4 is 11.0 Å². The topological polar surface area (TPSA) is 93.3 Å². The largest absolute Gasteiger partial charge is 0.480 e. The van der Waals surface area contributed by atoms with E-state index >= 15 is 0 Å². The van der Waals surface area contributed by atoms with Crippen molar-refractivity contribution in [3.63, 3.8) is 0 Å². The Morgan fingerprint density at radius 1 is 1.03 bits per heavy atom. The van der Waals surface area contributed by atoms with Gasteiger partial charge in [-0.2, -0.15) is 0 Å². The number of carbonyl (C=O) groups is 2. The van der Waals surface area contributed by atoms with Crippen LogP contribution in [0.2, 0.25) is 5.02 Å². The number of aromatic nitrogens is 2. The van der Waals surface area contributed by atoms with E-state index < -0.39 is 46.6 Å². The van der Waals surface area contributed by atoms with Gasteiger partial charge in [0.1, 0.15) is 17.4 Å². The Morgan fingerprint density at radius 3 is 2.36 bits per heavy atom. The first-order valence-corrected chi connectivity index (χ1v) is 11.1. The fourth-order valence-corrected chi connectivity index (χ4v) is 4.20. The van der Waals surface area contributed by atoms with Gasteiger partial charge in [-0.3, -0.25) is 13.9 Å². The summed E-state index contributed by atoms with van der Waals surface area (Å²) in [6.45, 7) is 0. The summed E-state index contributed by atoms with van der Waals surface area (Å²) in [6.07, 6.45) is 0.220. The highest BCUT2D eigenvalue weighted by Gasteiger charge is 2.24. The van der Waals surface area contributed by atoms with Crippen LogP contribution in [0, 0.1) is 17.5 Å². The number of benzene rings is 3. The van der Waals surface area contributed by atoms with E-state index in [1.807, 2.05) is 0 Å². The monoisotopic (exact) mass is 517 g/mol. The molecule has 186 valence electrons. The molecule has 0 bridgehead atoms. The number of amides is 1. The molecule has 4 aromatic rings. The van der Waals surface area contributed by atoms with Crippen LogP contribution in [-0.2, 0) is 18.3 Å². The molecular weight excluding hydrogens is 499 g/mol. The summed E-state index contributed by atoms with van der Waals surface area (Å²) in [6, 6.07) is 11.1. The maximum Gasteiger partial charge on any atom is 0.333 e. The molecule has 1 atom stereocenters. The first kappa shape index (κ1) is 25.1. The fraction of sp³-hybridized carbons (Fsp3) is 0.160. The van der Waals surface area contributed by atoms with Crippen molar-refractivity contribution in [1.29, 1.82) is 0 Å². The molecule has 1 aromatic heterocycles. The standard InChI is InChI=1S/C25H19ClF3N3O4/c1-31-22-19(12-10-17(28)21(22)29)32(25(31)36)14-8-5-13(6-9-14)7-11-18(24(34)35)30-23(33)20-15(26)3-2-4-16(20)27/h2-6,8-10,12,18H,7,11H2,1H3,(H,30,33)(H,34,35)/t18-/m0/s1. The van der Waals surface area contributed by atoms with Crippen molar-refractivity contribution in [2.24, 2.45) is 7.05 Å². The molecule has 0 aliphatic rings. The van der Waals surface area contributed by atoms with E-state index in [0.717, 1.165) is 16.7 Å². The van der Waals surface area contributed by atoms with Crippen LogP contribution >= 0.6 is 11.6 Å². The number of imidazole rings is 1. The lowest BCUT2D eigenvalue weighted by atomic mass is 10.0. The van der Waals surface area contributed by atoms with E-state index in [-0.39, 0.29) is 28.9 Å². The number of fused-ring (bicyclic) bond motifs is 1. The van der Waals surface area contributed by atoms with Gasteiger partial charge in [0.05, 0.1) is 21.8 Å². The van der Waals surface area contributed by atoms with E-state index in [1.165, 1.54) is 29.8 Å². The molecule has 11 heteroatoms. The highest BCUT2D eigenvalue weighted by Crippen LogP contribution is 2.23. The van der Waals surface area contributed by atoms with Crippen LogP contribution in [0.4, 0.5) is 13.2 Å². The molecule has 0 fully saturated rings. The summed E-state index contributed by atoms with van der Waals surface area (Å²) < 4.78 is 44.2. The van der Waals surface area contributed by atoms with Crippen LogP contribution in [-0.4, -0.2) is 32.2 Å². The summed E-state index contributed by atoms with van der Waals surface area (Å²) in [5.41, 5.74) is 0.106. The number of halogens is 4. The van der Waals surface area contributed by atoms with Gasteiger partial charge in [-0.15, -0.1) is 0 Å². The third kappa shape index (κ3) is 4.59. The van der Waals surface area contributed by atoms with Crippen molar-refractivity contribution in [1.82, 2.24) is 14.5 Å². The second kappa shape index (κ2) is 9.90. The number of hydrogen-bond acceptors (Lipinski definition) is 3. The van der Waals surface area contributed by atoms with E-state index in [1.54, 1.807) is 24.3 Å². The van der Waals surface area contributed by atoms with Crippen LogP contribution in [0.3, 0.4) is 0 Å². The van der Waals surface area contributed by atoms with Gasteiger partial charge in [-0.05, 0) is 54.8 Å². The van der Waals surface area contributed by atoms with Crippen molar-refractivity contribution in [2.45, 2.75) is 18.9 Å². The zero-order valence-electron chi connectivity index (χ0n) is 18.8. The van der Waals surface area contributed by atoms with Crippen molar-refractivity contribution >= 4 is 34.5 Å². The maximum atomic E-state index is 14.3. The molecule has 0 aliphatic carbocycles. The molecule has 0 saturated heterocycles. The Bertz CT molecular complexity index is 1530. The lowest BCUT2D eigenvalue weighted by molar-refractivity contribution is -0.139. The van der Waals surface area contributed by atoms with Crippen LogP contribution in [0.1, 0.15) is 22.3 Å². The summed E-state index contributed by atoms with van der Waals surface area (Å²) >= 11 is 5.88. The van der Waals surface area contributed by atoms with Gasteiger partial charge in [-0.1, -0.05) is 29.8 Å². The van der Waals surface area contributed by atoms with Gasteiger partial charge in [-0.25, -0.2) is 22.8 Å². The lowest BCUT2D eigenvalue weighted by Crippen LogP contribution is -2.41. The number of carboxylic acid groups (broad SMARTS) is 1. The molecule has 36 heavy (non-hydrogen) atoms. The number of carbonyl (C=O) groups excluding carboxylic acids is 1. The third-order valence-corrected chi connectivity index (χ3v) is 6.13.